The first-order chi connectivity index (χ1) is 29.4. The number of para-hydroxylation sites is 1. The maximum atomic E-state index is 9.04. The molecule has 0 atom stereocenters. The van der Waals surface area contributed by atoms with Crippen molar-refractivity contribution in [3.8, 4) is 39.9 Å². The normalized spacial score (nSPS) is 13.0. The predicted molar refractivity (Wildman–Crippen MR) is 244 cm³/mol. The average Bonchev–Trinajstić information content (AvgIpc) is 3.79. The van der Waals surface area contributed by atoms with Crippen LogP contribution in [0.2, 0.25) is 0 Å². The number of benzene rings is 5. The van der Waals surface area contributed by atoms with Gasteiger partial charge in [0.2, 0.25) is 0 Å². The van der Waals surface area contributed by atoms with E-state index in [9.17, 15) is 0 Å². The van der Waals surface area contributed by atoms with Crippen LogP contribution in [-0.4, -0.2) is 19.1 Å². The van der Waals surface area contributed by atoms with Gasteiger partial charge in [0.1, 0.15) is 5.82 Å². The summed E-state index contributed by atoms with van der Waals surface area (Å²) in [5.41, 5.74) is 9.18. The topological polar surface area (TPSA) is 48.8 Å². The molecule has 9 aromatic rings. The summed E-state index contributed by atoms with van der Waals surface area (Å²) in [4.78, 5) is 9.84. The molecule has 9 rings (SSSR count). The first-order valence-corrected chi connectivity index (χ1v) is 20.6. The fourth-order valence-corrected chi connectivity index (χ4v) is 7.77. The first kappa shape index (κ1) is 39.3. The van der Waals surface area contributed by atoms with Crippen molar-refractivity contribution in [1.82, 2.24) is 19.1 Å². The molecule has 61 heavy (non-hydrogen) atoms. The maximum absolute atomic E-state index is 9.04. The minimum absolute atomic E-state index is 0. The van der Waals surface area contributed by atoms with Gasteiger partial charge in [-0.1, -0.05) is 152 Å². The molecular formula is C54H51N5OPt-2. The summed E-state index contributed by atoms with van der Waals surface area (Å²) < 4.78 is 31.1. The van der Waals surface area contributed by atoms with E-state index in [2.05, 4.69) is 119 Å². The predicted octanol–water partition coefficient (Wildman–Crippen LogP) is 12.8. The SMILES string of the molecule is [2H]C([2H])(c1ccnc(-n2c3[c-]c(Oc4[c-]c(-n5[c-][n+](-c6cccc(C(C)(C)C)c6)c6cc(C(C)(C)C)ccc65)cnc4-c4ccccc4)ccc3c3ccccc32)c1)C(C)(C)C.[Pt]. The van der Waals surface area contributed by atoms with Gasteiger partial charge in [0.05, 0.1) is 16.7 Å². The Morgan fingerprint density at radius 3 is 2.18 bits per heavy atom. The summed E-state index contributed by atoms with van der Waals surface area (Å²) in [6.45, 7) is 19.1. The van der Waals surface area contributed by atoms with Crippen LogP contribution in [0.15, 0.2) is 134 Å². The van der Waals surface area contributed by atoms with Crippen molar-refractivity contribution in [3.05, 3.63) is 169 Å². The second-order valence-electron chi connectivity index (χ2n) is 18.7. The van der Waals surface area contributed by atoms with Crippen molar-refractivity contribution >= 4 is 32.8 Å². The molecular weight excluding hydrogens is 930 g/mol. The zero-order chi connectivity index (χ0) is 43.8. The molecule has 7 heteroatoms. The van der Waals surface area contributed by atoms with Gasteiger partial charge in [0, 0.05) is 47.0 Å². The van der Waals surface area contributed by atoms with E-state index in [0.29, 0.717) is 34.3 Å². The smallest absolute Gasteiger partial charge is 0.268 e. The molecule has 310 valence electrons. The number of hydrogen-bond acceptors (Lipinski definition) is 3. The Bertz CT molecular complexity index is 3150. The van der Waals surface area contributed by atoms with E-state index in [1.165, 1.54) is 11.1 Å². The molecule has 0 N–H and O–H groups in total. The molecule has 0 fully saturated rings. The first-order valence-electron chi connectivity index (χ1n) is 21.6. The number of aromatic nitrogens is 5. The van der Waals surface area contributed by atoms with Crippen LogP contribution < -0.4 is 9.30 Å². The summed E-state index contributed by atoms with van der Waals surface area (Å²) in [7, 11) is 0. The largest absolute Gasteiger partial charge is 0.508 e. The van der Waals surface area contributed by atoms with Crippen LogP contribution in [0.25, 0.3) is 61.3 Å². The third-order valence-electron chi connectivity index (χ3n) is 10.8. The Hall–Kier alpha value is -5.84. The molecule has 0 bridgehead atoms. The van der Waals surface area contributed by atoms with E-state index >= 15 is 0 Å². The van der Waals surface area contributed by atoms with E-state index in [-0.39, 0.29) is 31.9 Å². The van der Waals surface area contributed by atoms with Gasteiger partial charge in [-0.05, 0) is 92.5 Å². The van der Waals surface area contributed by atoms with Crippen molar-refractivity contribution in [1.29, 1.82) is 0 Å². The molecule has 0 spiro atoms. The van der Waals surface area contributed by atoms with Crippen LogP contribution in [0.1, 0.15) is 81.7 Å². The Balaban J connectivity index is 0.00000544. The van der Waals surface area contributed by atoms with Crippen LogP contribution >= 0.6 is 0 Å². The Morgan fingerprint density at radius 2 is 1.43 bits per heavy atom. The van der Waals surface area contributed by atoms with Gasteiger partial charge < -0.3 is 18.9 Å². The van der Waals surface area contributed by atoms with Gasteiger partial charge in [0.15, 0.2) is 0 Å². The Kier molecular flexibility index (Phi) is 10.2. The summed E-state index contributed by atoms with van der Waals surface area (Å²) in [5, 5.41) is 2.00. The molecule has 0 radical (unpaired) electrons. The van der Waals surface area contributed by atoms with Gasteiger partial charge in [0.25, 0.3) is 6.33 Å². The number of ether oxygens (including phenoxy) is 1. The quantitative estimate of drug-likeness (QED) is 0.118. The van der Waals surface area contributed by atoms with Crippen molar-refractivity contribution in [2.75, 3.05) is 0 Å². The number of nitrogens with zero attached hydrogens (tertiary/aromatic N) is 5. The van der Waals surface area contributed by atoms with Crippen molar-refractivity contribution in [2.24, 2.45) is 5.41 Å². The number of fused-ring (bicyclic) bond motifs is 4. The molecule has 4 aromatic heterocycles. The van der Waals surface area contributed by atoms with E-state index in [4.69, 9.17) is 17.4 Å². The van der Waals surface area contributed by atoms with E-state index < -0.39 is 11.8 Å². The Labute approximate surface area is 377 Å². The van der Waals surface area contributed by atoms with Crippen LogP contribution in [0, 0.1) is 23.9 Å². The van der Waals surface area contributed by atoms with E-state index in [1.54, 1.807) is 12.3 Å². The maximum Gasteiger partial charge on any atom is 0.268 e. The minimum Gasteiger partial charge on any atom is -0.508 e. The fourth-order valence-electron chi connectivity index (χ4n) is 7.77. The van der Waals surface area contributed by atoms with Gasteiger partial charge >= 0.3 is 0 Å². The van der Waals surface area contributed by atoms with E-state index in [0.717, 1.165) is 44.1 Å². The van der Waals surface area contributed by atoms with Crippen LogP contribution in [0.5, 0.6) is 11.5 Å². The van der Waals surface area contributed by atoms with Gasteiger partial charge in [-0.2, -0.15) is 6.07 Å². The van der Waals surface area contributed by atoms with Crippen LogP contribution in [0.3, 0.4) is 0 Å². The molecule has 0 saturated carbocycles. The molecule has 0 aliphatic rings. The number of imidazole rings is 1. The second-order valence-corrected chi connectivity index (χ2v) is 18.7. The van der Waals surface area contributed by atoms with Gasteiger partial charge in [-0.25, -0.2) is 4.98 Å². The van der Waals surface area contributed by atoms with Crippen molar-refractivity contribution in [2.45, 2.75) is 79.5 Å². The summed E-state index contributed by atoms with van der Waals surface area (Å²) in [6.07, 6.45) is 5.60. The van der Waals surface area contributed by atoms with Crippen LogP contribution in [-0.2, 0) is 38.3 Å². The molecule has 0 aliphatic carbocycles. The van der Waals surface area contributed by atoms with Crippen molar-refractivity contribution < 1.29 is 33.1 Å². The summed E-state index contributed by atoms with van der Waals surface area (Å²) in [6, 6.07) is 48.3. The molecule has 0 amide bonds. The number of rotatable bonds is 7. The van der Waals surface area contributed by atoms with Gasteiger partial charge in [-0.3, -0.25) is 4.57 Å². The molecule has 5 aromatic carbocycles. The zero-order valence-electron chi connectivity index (χ0n) is 38.2. The monoisotopic (exact) mass is 982 g/mol. The zero-order valence-corrected chi connectivity index (χ0v) is 38.4. The number of pyridine rings is 2. The molecule has 0 saturated heterocycles. The minimum atomic E-state index is -1.60. The molecule has 4 heterocycles. The number of hydrogen-bond donors (Lipinski definition) is 0. The van der Waals surface area contributed by atoms with Gasteiger partial charge in [-0.15, -0.1) is 23.6 Å². The molecule has 0 unspecified atom stereocenters. The summed E-state index contributed by atoms with van der Waals surface area (Å²) in [5.74, 6) is 1.51. The summed E-state index contributed by atoms with van der Waals surface area (Å²) >= 11 is 0. The molecule has 0 aliphatic heterocycles. The third-order valence-corrected chi connectivity index (χ3v) is 10.8. The average molecular weight is 983 g/mol. The Morgan fingerprint density at radius 1 is 0.689 bits per heavy atom. The van der Waals surface area contributed by atoms with E-state index in [1.807, 2.05) is 96.8 Å². The standard InChI is InChI=1S/C54H51N5O.Pt/c1-52(2,3)33-36-26-27-55-50(28-36)59-45-21-14-13-20-43(45)44-24-23-42(32-47(44)59)60-49-31-41(34-56-51(49)37-16-11-10-12-17-37)58-35-57(40-19-15-18-38(29-40)53(4,5)6)48-30-39(54(7,8)9)22-25-46(48)58;/h10-30,34H,33H2,1-9H3;/q-2;/i33D2;. The van der Waals surface area contributed by atoms with Crippen molar-refractivity contribution in [3.63, 3.8) is 0 Å². The second kappa shape index (κ2) is 15.9. The fraction of sp³-hybridized carbons (Fsp3) is 0.241. The third kappa shape index (κ3) is 8.31. The molecule has 6 nitrogen and oxygen atoms in total. The van der Waals surface area contributed by atoms with Crippen LogP contribution in [0.4, 0.5) is 0 Å².